The molecule has 16 heavy (non-hydrogen) atoms. The Morgan fingerprint density at radius 3 is 2.75 bits per heavy atom. The molecule has 1 saturated heterocycles. The lowest BCUT2D eigenvalue weighted by Gasteiger charge is -2.19. The summed E-state index contributed by atoms with van der Waals surface area (Å²) in [5.74, 6) is -0.259. The van der Waals surface area contributed by atoms with Gasteiger partial charge in [-0.2, -0.15) is 0 Å². The van der Waals surface area contributed by atoms with Crippen molar-refractivity contribution in [1.82, 2.24) is 4.90 Å². The van der Waals surface area contributed by atoms with E-state index in [1.54, 1.807) is 17.0 Å². The highest BCUT2D eigenvalue weighted by Gasteiger charge is 2.25. The van der Waals surface area contributed by atoms with Crippen molar-refractivity contribution in [1.29, 1.82) is 0 Å². The molecule has 1 fully saturated rings. The highest BCUT2D eigenvalue weighted by Crippen LogP contribution is 2.12. The second kappa shape index (κ2) is 4.61. The van der Waals surface area contributed by atoms with Gasteiger partial charge >= 0.3 is 0 Å². The van der Waals surface area contributed by atoms with Gasteiger partial charge in [-0.1, -0.05) is 12.1 Å². The summed E-state index contributed by atoms with van der Waals surface area (Å²) in [7, 11) is 0. The summed E-state index contributed by atoms with van der Waals surface area (Å²) in [6.07, 6.45) is 0.154. The lowest BCUT2D eigenvalue weighted by molar-refractivity contribution is -0.134. The minimum absolute atomic E-state index is 0.0246. The van der Waals surface area contributed by atoms with Crippen LogP contribution in [0.3, 0.4) is 0 Å². The maximum absolute atomic E-state index is 12.7. The molecule has 0 N–H and O–H groups in total. The Morgan fingerprint density at radius 1 is 1.50 bits per heavy atom. The fourth-order valence-corrected chi connectivity index (χ4v) is 1.80. The van der Waals surface area contributed by atoms with E-state index in [-0.39, 0.29) is 18.0 Å². The van der Waals surface area contributed by atoms with Gasteiger partial charge in [0.1, 0.15) is 12.0 Å². The number of amides is 1. The van der Waals surface area contributed by atoms with Crippen LogP contribution in [0.25, 0.3) is 0 Å². The SMILES string of the molecule is CC1OCCN1C(=O)Cc1ccc(F)cc1. The first-order valence-electron chi connectivity index (χ1n) is 5.32. The van der Waals surface area contributed by atoms with Gasteiger partial charge in [-0.05, 0) is 24.6 Å². The molecule has 0 aromatic heterocycles. The molecule has 1 atom stereocenters. The average molecular weight is 223 g/mol. The number of halogens is 1. The Hall–Kier alpha value is -1.42. The van der Waals surface area contributed by atoms with Gasteiger partial charge in [-0.3, -0.25) is 4.79 Å². The van der Waals surface area contributed by atoms with E-state index < -0.39 is 0 Å². The van der Waals surface area contributed by atoms with Crippen molar-refractivity contribution >= 4 is 5.91 Å². The van der Waals surface area contributed by atoms with Crippen molar-refractivity contribution in [2.24, 2.45) is 0 Å². The first-order chi connectivity index (χ1) is 7.66. The quantitative estimate of drug-likeness (QED) is 0.761. The zero-order valence-electron chi connectivity index (χ0n) is 9.15. The average Bonchev–Trinajstić information content (AvgIpc) is 2.68. The summed E-state index contributed by atoms with van der Waals surface area (Å²) < 4.78 is 18.0. The molecular formula is C12H14FNO2. The minimum atomic E-state index is -0.283. The van der Waals surface area contributed by atoms with Gasteiger partial charge in [-0.15, -0.1) is 0 Å². The normalized spacial score (nSPS) is 20.1. The van der Waals surface area contributed by atoms with E-state index in [1.807, 2.05) is 6.92 Å². The van der Waals surface area contributed by atoms with Gasteiger partial charge in [-0.25, -0.2) is 4.39 Å². The van der Waals surface area contributed by atoms with Gasteiger partial charge in [0, 0.05) is 6.54 Å². The molecule has 1 amide bonds. The molecule has 0 bridgehead atoms. The van der Waals surface area contributed by atoms with Crippen molar-refractivity contribution in [2.45, 2.75) is 19.6 Å². The Bertz CT molecular complexity index is 377. The van der Waals surface area contributed by atoms with Crippen LogP contribution in [-0.4, -0.2) is 30.2 Å². The molecule has 2 rings (SSSR count). The molecule has 0 aliphatic carbocycles. The van der Waals surface area contributed by atoms with E-state index in [9.17, 15) is 9.18 Å². The second-order valence-electron chi connectivity index (χ2n) is 3.86. The number of ether oxygens (including phenoxy) is 1. The fraction of sp³-hybridized carbons (Fsp3) is 0.417. The first kappa shape index (κ1) is 11.1. The Kier molecular flexibility index (Phi) is 3.19. The molecule has 0 radical (unpaired) electrons. The third kappa shape index (κ3) is 2.39. The number of carbonyl (C=O) groups excluding carboxylic acids is 1. The van der Waals surface area contributed by atoms with E-state index in [1.165, 1.54) is 12.1 Å². The van der Waals surface area contributed by atoms with Gasteiger partial charge < -0.3 is 9.64 Å². The summed E-state index contributed by atoms with van der Waals surface area (Å²) in [5, 5.41) is 0. The molecule has 1 heterocycles. The van der Waals surface area contributed by atoms with Crippen LogP contribution in [-0.2, 0) is 16.0 Å². The van der Waals surface area contributed by atoms with E-state index in [0.29, 0.717) is 19.6 Å². The Morgan fingerprint density at radius 2 is 2.19 bits per heavy atom. The number of rotatable bonds is 2. The number of hydrogen-bond acceptors (Lipinski definition) is 2. The van der Waals surface area contributed by atoms with E-state index in [2.05, 4.69) is 0 Å². The summed E-state index contributed by atoms with van der Waals surface area (Å²) in [5.41, 5.74) is 0.825. The van der Waals surface area contributed by atoms with Crippen molar-refractivity contribution in [3.63, 3.8) is 0 Å². The van der Waals surface area contributed by atoms with E-state index in [4.69, 9.17) is 4.74 Å². The maximum atomic E-state index is 12.7. The summed E-state index contributed by atoms with van der Waals surface area (Å²) >= 11 is 0. The largest absolute Gasteiger partial charge is 0.357 e. The van der Waals surface area contributed by atoms with Crippen LogP contribution in [0, 0.1) is 5.82 Å². The van der Waals surface area contributed by atoms with E-state index in [0.717, 1.165) is 5.56 Å². The third-order valence-electron chi connectivity index (χ3n) is 2.72. The Labute approximate surface area is 93.8 Å². The molecule has 3 nitrogen and oxygen atoms in total. The van der Waals surface area contributed by atoms with Crippen molar-refractivity contribution in [3.05, 3.63) is 35.6 Å². The standard InChI is InChI=1S/C12H14FNO2/c1-9-14(6-7-16-9)12(15)8-10-2-4-11(13)5-3-10/h2-5,9H,6-8H2,1H3. The molecule has 1 aliphatic heterocycles. The van der Waals surface area contributed by atoms with Crippen LogP contribution in [0.4, 0.5) is 4.39 Å². The number of nitrogens with zero attached hydrogens (tertiary/aromatic N) is 1. The van der Waals surface area contributed by atoms with Crippen LogP contribution >= 0.6 is 0 Å². The maximum Gasteiger partial charge on any atom is 0.229 e. The van der Waals surface area contributed by atoms with Crippen molar-refractivity contribution in [3.8, 4) is 0 Å². The smallest absolute Gasteiger partial charge is 0.229 e. The van der Waals surface area contributed by atoms with Crippen LogP contribution in [0.1, 0.15) is 12.5 Å². The molecule has 1 aromatic rings. The summed E-state index contributed by atoms with van der Waals surface area (Å²) in [4.78, 5) is 13.6. The third-order valence-corrected chi connectivity index (χ3v) is 2.72. The number of carbonyl (C=O) groups is 1. The lowest BCUT2D eigenvalue weighted by atomic mass is 10.1. The molecule has 1 aromatic carbocycles. The van der Waals surface area contributed by atoms with Crippen LogP contribution < -0.4 is 0 Å². The van der Waals surface area contributed by atoms with Gasteiger partial charge in [0.2, 0.25) is 5.91 Å². The van der Waals surface area contributed by atoms with Crippen LogP contribution in [0.5, 0.6) is 0 Å². The van der Waals surface area contributed by atoms with Crippen molar-refractivity contribution in [2.75, 3.05) is 13.2 Å². The predicted molar refractivity (Wildman–Crippen MR) is 57.2 cm³/mol. The van der Waals surface area contributed by atoms with Crippen LogP contribution in [0.2, 0.25) is 0 Å². The topological polar surface area (TPSA) is 29.5 Å². The molecule has 4 heteroatoms. The predicted octanol–water partition coefficient (Wildman–Crippen LogP) is 1.57. The Balaban J connectivity index is 1.99. The number of benzene rings is 1. The molecule has 1 unspecified atom stereocenters. The monoisotopic (exact) mass is 223 g/mol. The molecular weight excluding hydrogens is 209 g/mol. The summed E-state index contributed by atoms with van der Waals surface area (Å²) in [6, 6.07) is 6.00. The molecule has 1 aliphatic rings. The molecule has 86 valence electrons. The summed E-state index contributed by atoms with van der Waals surface area (Å²) in [6.45, 7) is 3.09. The molecule has 0 spiro atoms. The van der Waals surface area contributed by atoms with Crippen molar-refractivity contribution < 1.29 is 13.9 Å². The zero-order chi connectivity index (χ0) is 11.5. The zero-order valence-corrected chi connectivity index (χ0v) is 9.15. The first-order valence-corrected chi connectivity index (χ1v) is 5.32. The second-order valence-corrected chi connectivity index (χ2v) is 3.86. The number of hydrogen-bond donors (Lipinski definition) is 0. The molecule has 0 saturated carbocycles. The lowest BCUT2D eigenvalue weighted by Crippen LogP contribution is -2.35. The minimum Gasteiger partial charge on any atom is -0.357 e. The highest BCUT2D eigenvalue weighted by molar-refractivity contribution is 5.79. The van der Waals surface area contributed by atoms with Gasteiger partial charge in [0.05, 0.1) is 13.0 Å². The van der Waals surface area contributed by atoms with E-state index >= 15 is 0 Å². The fourth-order valence-electron chi connectivity index (χ4n) is 1.80. The van der Waals surface area contributed by atoms with Gasteiger partial charge in [0.15, 0.2) is 0 Å². The highest BCUT2D eigenvalue weighted by atomic mass is 19.1. The van der Waals surface area contributed by atoms with Crippen LogP contribution in [0.15, 0.2) is 24.3 Å². The van der Waals surface area contributed by atoms with Gasteiger partial charge in [0.25, 0.3) is 0 Å².